The van der Waals surface area contributed by atoms with Crippen molar-refractivity contribution in [1.29, 1.82) is 0 Å². The lowest BCUT2D eigenvalue weighted by molar-refractivity contribution is -0.138. The summed E-state index contributed by atoms with van der Waals surface area (Å²) < 4.78 is 5.09. The Bertz CT molecular complexity index is 371. The molecule has 0 aliphatic heterocycles. The maximum atomic E-state index is 11.7. The lowest BCUT2D eigenvalue weighted by atomic mass is 9.96. The fourth-order valence-electron chi connectivity index (χ4n) is 2.07. The molecule has 2 atom stereocenters. The number of carbonyl (C=O) groups is 2. The van der Waals surface area contributed by atoms with Crippen molar-refractivity contribution in [2.75, 3.05) is 0 Å². The number of nitrogens with one attached hydrogen (secondary N) is 1. The van der Waals surface area contributed by atoms with Gasteiger partial charge in [0.15, 0.2) is 0 Å². The van der Waals surface area contributed by atoms with Crippen LogP contribution in [0.2, 0.25) is 0 Å². The standard InChI is InChI=1S/C17H31NO4/c1-6-8-10-13(9-7-2)11-12-14(15(19)20)18-16(21)22-17(3,4)5/h11-14H,6-10H2,1-5H3,(H,18,21)(H,19,20)/t13-,14+/m0/s1. The van der Waals surface area contributed by atoms with Crippen molar-refractivity contribution in [3.05, 3.63) is 12.2 Å². The van der Waals surface area contributed by atoms with E-state index in [-0.39, 0.29) is 0 Å². The lowest BCUT2D eigenvalue weighted by Gasteiger charge is -2.21. The zero-order valence-corrected chi connectivity index (χ0v) is 14.5. The SMILES string of the molecule is CCCC[C@@H](C=C[C@@H](NC(=O)OC(C)(C)C)C(=O)O)CCC. The Balaban J connectivity index is 4.69. The molecular weight excluding hydrogens is 282 g/mol. The van der Waals surface area contributed by atoms with Gasteiger partial charge in [-0.05, 0) is 39.5 Å². The van der Waals surface area contributed by atoms with Crippen LogP contribution in [0.1, 0.15) is 66.7 Å². The fourth-order valence-corrected chi connectivity index (χ4v) is 2.07. The largest absolute Gasteiger partial charge is 0.479 e. The van der Waals surface area contributed by atoms with Crippen molar-refractivity contribution in [3.63, 3.8) is 0 Å². The molecule has 0 aromatic carbocycles. The van der Waals surface area contributed by atoms with E-state index in [1.54, 1.807) is 26.8 Å². The predicted molar refractivity (Wildman–Crippen MR) is 87.9 cm³/mol. The molecule has 0 aliphatic carbocycles. The van der Waals surface area contributed by atoms with Crippen LogP contribution in [0.15, 0.2) is 12.2 Å². The molecule has 0 fully saturated rings. The second kappa shape index (κ2) is 10.2. The Labute approximate surface area is 134 Å². The van der Waals surface area contributed by atoms with E-state index >= 15 is 0 Å². The third kappa shape index (κ3) is 10.2. The molecule has 22 heavy (non-hydrogen) atoms. The number of hydrogen-bond donors (Lipinski definition) is 2. The molecule has 0 saturated heterocycles. The number of rotatable bonds is 9. The first-order valence-corrected chi connectivity index (χ1v) is 8.10. The first kappa shape index (κ1) is 20.5. The number of unbranched alkanes of at least 4 members (excludes halogenated alkanes) is 1. The quantitative estimate of drug-likeness (QED) is 0.628. The average molecular weight is 313 g/mol. The monoisotopic (exact) mass is 313 g/mol. The van der Waals surface area contributed by atoms with Gasteiger partial charge in [-0.15, -0.1) is 0 Å². The van der Waals surface area contributed by atoms with Crippen LogP contribution in [-0.4, -0.2) is 28.8 Å². The summed E-state index contributed by atoms with van der Waals surface area (Å²) in [5.74, 6) is -0.736. The molecule has 0 aromatic rings. The highest BCUT2D eigenvalue weighted by Gasteiger charge is 2.22. The van der Waals surface area contributed by atoms with E-state index in [1.165, 1.54) is 0 Å². The molecule has 0 aliphatic rings. The summed E-state index contributed by atoms with van der Waals surface area (Å²) in [6, 6.07) is -1.06. The lowest BCUT2D eigenvalue weighted by Crippen LogP contribution is -2.42. The maximum Gasteiger partial charge on any atom is 0.408 e. The average Bonchev–Trinajstić information content (AvgIpc) is 2.37. The van der Waals surface area contributed by atoms with Gasteiger partial charge in [0, 0.05) is 0 Å². The predicted octanol–water partition coefficient (Wildman–Crippen LogP) is 4.13. The minimum atomic E-state index is -1.09. The molecule has 2 N–H and O–H groups in total. The molecule has 0 saturated carbocycles. The smallest absolute Gasteiger partial charge is 0.408 e. The molecule has 0 unspecified atom stereocenters. The van der Waals surface area contributed by atoms with Crippen LogP contribution in [0.3, 0.4) is 0 Å². The molecule has 0 radical (unpaired) electrons. The van der Waals surface area contributed by atoms with Gasteiger partial charge in [-0.2, -0.15) is 0 Å². The Hall–Kier alpha value is -1.52. The van der Waals surface area contributed by atoms with Crippen molar-refractivity contribution < 1.29 is 19.4 Å². The third-order valence-corrected chi connectivity index (χ3v) is 3.10. The number of ether oxygens (including phenoxy) is 1. The minimum absolute atomic E-state index is 0.354. The Kier molecular flexibility index (Phi) is 9.54. The molecule has 0 aromatic heterocycles. The molecular formula is C17H31NO4. The third-order valence-electron chi connectivity index (χ3n) is 3.10. The summed E-state index contributed by atoms with van der Waals surface area (Å²) in [7, 11) is 0. The van der Waals surface area contributed by atoms with E-state index < -0.39 is 23.7 Å². The van der Waals surface area contributed by atoms with Crippen LogP contribution in [0.5, 0.6) is 0 Å². The van der Waals surface area contributed by atoms with E-state index in [0.717, 1.165) is 32.1 Å². The summed E-state index contributed by atoms with van der Waals surface area (Å²) >= 11 is 0. The number of carboxylic acid groups (broad SMARTS) is 1. The Morgan fingerprint density at radius 2 is 1.77 bits per heavy atom. The number of aliphatic carboxylic acids is 1. The molecule has 1 amide bonds. The van der Waals surface area contributed by atoms with Gasteiger partial charge in [-0.1, -0.05) is 45.3 Å². The van der Waals surface area contributed by atoms with E-state index in [1.807, 2.05) is 6.08 Å². The molecule has 0 bridgehead atoms. The fraction of sp³-hybridized carbons (Fsp3) is 0.765. The van der Waals surface area contributed by atoms with E-state index in [4.69, 9.17) is 4.74 Å². The number of hydrogen-bond acceptors (Lipinski definition) is 3. The molecule has 0 spiro atoms. The van der Waals surface area contributed by atoms with E-state index in [2.05, 4.69) is 19.2 Å². The van der Waals surface area contributed by atoms with Gasteiger partial charge in [0.1, 0.15) is 11.6 Å². The van der Waals surface area contributed by atoms with Crippen molar-refractivity contribution in [2.45, 2.75) is 78.4 Å². The summed E-state index contributed by atoms with van der Waals surface area (Å²) in [6.07, 6.45) is 8.10. The Morgan fingerprint density at radius 3 is 2.23 bits per heavy atom. The molecule has 0 rings (SSSR count). The second-order valence-corrected chi connectivity index (χ2v) is 6.54. The van der Waals surface area contributed by atoms with Crippen LogP contribution in [0, 0.1) is 5.92 Å². The number of carboxylic acids is 1. The number of carbonyl (C=O) groups excluding carboxylic acids is 1. The molecule has 5 heteroatoms. The van der Waals surface area contributed by atoms with Gasteiger partial charge in [0.05, 0.1) is 0 Å². The summed E-state index contributed by atoms with van der Waals surface area (Å²) in [4.78, 5) is 22.9. The zero-order chi connectivity index (χ0) is 17.2. The van der Waals surface area contributed by atoms with E-state index in [0.29, 0.717) is 5.92 Å². The molecule has 0 heterocycles. The van der Waals surface area contributed by atoms with Crippen molar-refractivity contribution in [3.8, 4) is 0 Å². The normalized spacial score (nSPS) is 14.6. The summed E-state index contributed by atoms with van der Waals surface area (Å²) in [6.45, 7) is 9.46. The van der Waals surface area contributed by atoms with Crippen LogP contribution < -0.4 is 5.32 Å². The molecule has 5 nitrogen and oxygen atoms in total. The summed E-state index contributed by atoms with van der Waals surface area (Å²) in [5, 5.41) is 11.6. The van der Waals surface area contributed by atoms with Crippen LogP contribution in [0.25, 0.3) is 0 Å². The van der Waals surface area contributed by atoms with Gasteiger partial charge in [-0.3, -0.25) is 0 Å². The van der Waals surface area contributed by atoms with Gasteiger partial charge < -0.3 is 15.2 Å². The first-order chi connectivity index (χ1) is 10.2. The van der Waals surface area contributed by atoms with Gasteiger partial charge in [0.25, 0.3) is 0 Å². The Morgan fingerprint density at radius 1 is 1.14 bits per heavy atom. The van der Waals surface area contributed by atoms with Gasteiger partial charge >= 0.3 is 12.1 Å². The highest BCUT2D eigenvalue weighted by molar-refractivity contribution is 5.81. The van der Waals surface area contributed by atoms with Crippen molar-refractivity contribution >= 4 is 12.1 Å². The van der Waals surface area contributed by atoms with Crippen LogP contribution >= 0.6 is 0 Å². The number of amides is 1. The number of alkyl carbamates (subject to hydrolysis) is 1. The molecule has 128 valence electrons. The summed E-state index contributed by atoms with van der Waals surface area (Å²) in [5.41, 5.74) is -0.650. The maximum absolute atomic E-state index is 11.7. The highest BCUT2D eigenvalue weighted by atomic mass is 16.6. The van der Waals surface area contributed by atoms with Crippen molar-refractivity contribution in [2.24, 2.45) is 5.92 Å². The minimum Gasteiger partial charge on any atom is -0.479 e. The van der Waals surface area contributed by atoms with Crippen LogP contribution in [-0.2, 0) is 9.53 Å². The zero-order valence-electron chi connectivity index (χ0n) is 14.5. The van der Waals surface area contributed by atoms with Crippen molar-refractivity contribution in [1.82, 2.24) is 5.32 Å². The van der Waals surface area contributed by atoms with Gasteiger partial charge in [0.2, 0.25) is 0 Å². The van der Waals surface area contributed by atoms with E-state index in [9.17, 15) is 14.7 Å². The number of allylic oxidation sites excluding steroid dienone is 1. The van der Waals surface area contributed by atoms with Crippen LogP contribution in [0.4, 0.5) is 4.79 Å². The van der Waals surface area contributed by atoms with Gasteiger partial charge in [-0.25, -0.2) is 9.59 Å². The topological polar surface area (TPSA) is 75.6 Å². The second-order valence-electron chi connectivity index (χ2n) is 6.54. The first-order valence-electron chi connectivity index (χ1n) is 8.10. The highest BCUT2D eigenvalue weighted by Crippen LogP contribution is 2.16.